The molecule has 0 saturated heterocycles. The van der Waals surface area contributed by atoms with Crippen molar-refractivity contribution in [1.29, 1.82) is 0 Å². The Morgan fingerprint density at radius 1 is 1.36 bits per heavy atom. The summed E-state index contributed by atoms with van der Waals surface area (Å²) in [6.45, 7) is 7.40. The monoisotopic (exact) mass is 189 g/mol. The third kappa shape index (κ3) is 2.63. The molecule has 0 spiro atoms. The van der Waals surface area contributed by atoms with E-state index in [1.165, 1.54) is 16.8 Å². The van der Waals surface area contributed by atoms with Crippen LogP contribution in [0.15, 0.2) is 35.9 Å². The third-order valence-electron chi connectivity index (χ3n) is 2.51. The number of para-hydroxylation sites is 1. The van der Waals surface area contributed by atoms with Gasteiger partial charge in [-0.3, -0.25) is 0 Å². The highest BCUT2D eigenvalue weighted by Gasteiger charge is 2.02. The van der Waals surface area contributed by atoms with Crippen molar-refractivity contribution in [2.24, 2.45) is 0 Å². The molecule has 1 aromatic carbocycles. The van der Waals surface area contributed by atoms with Gasteiger partial charge in [-0.2, -0.15) is 0 Å². The molecule has 1 aromatic rings. The second kappa shape index (κ2) is 4.85. The molecule has 0 N–H and O–H groups in total. The van der Waals surface area contributed by atoms with Crippen LogP contribution in [0.1, 0.15) is 19.4 Å². The van der Waals surface area contributed by atoms with Gasteiger partial charge < -0.3 is 4.90 Å². The quantitative estimate of drug-likeness (QED) is 0.659. The van der Waals surface area contributed by atoms with E-state index < -0.39 is 0 Å². The summed E-state index contributed by atoms with van der Waals surface area (Å²) in [5, 5.41) is 0. The van der Waals surface area contributed by atoms with Crippen molar-refractivity contribution in [2.45, 2.75) is 20.8 Å². The number of nitrogens with zero attached hydrogens (tertiary/aromatic N) is 1. The van der Waals surface area contributed by atoms with Gasteiger partial charge >= 0.3 is 0 Å². The van der Waals surface area contributed by atoms with Gasteiger partial charge in [-0.1, -0.05) is 29.8 Å². The molecule has 1 nitrogen and oxygen atoms in total. The first-order valence-electron chi connectivity index (χ1n) is 5.03. The summed E-state index contributed by atoms with van der Waals surface area (Å²) < 4.78 is 0. The summed E-state index contributed by atoms with van der Waals surface area (Å²) in [6, 6.07) is 8.48. The van der Waals surface area contributed by atoms with E-state index in [-0.39, 0.29) is 0 Å². The number of hydrogen-bond acceptors (Lipinski definition) is 1. The molecule has 0 aliphatic carbocycles. The van der Waals surface area contributed by atoms with Crippen LogP contribution in [-0.4, -0.2) is 13.6 Å². The van der Waals surface area contributed by atoms with E-state index >= 15 is 0 Å². The van der Waals surface area contributed by atoms with E-state index in [9.17, 15) is 0 Å². The zero-order valence-electron chi connectivity index (χ0n) is 9.54. The molecule has 0 radical (unpaired) electrons. The van der Waals surface area contributed by atoms with Crippen LogP contribution in [0.5, 0.6) is 0 Å². The molecule has 1 heteroatoms. The lowest BCUT2D eigenvalue weighted by molar-refractivity contribution is 0.972. The van der Waals surface area contributed by atoms with Crippen LogP contribution in [0.25, 0.3) is 0 Å². The van der Waals surface area contributed by atoms with Gasteiger partial charge in [-0.15, -0.1) is 0 Å². The van der Waals surface area contributed by atoms with Gasteiger partial charge in [0.1, 0.15) is 0 Å². The van der Waals surface area contributed by atoms with Crippen LogP contribution < -0.4 is 4.90 Å². The summed E-state index contributed by atoms with van der Waals surface area (Å²) in [4.78, 5) is 2.28. The van der Waals surface area contributed by atoms with Crippen LogP contribution >= 0.6 is 0 Å². The maximum Gasteiger partial charge on any atom is 0.0396 e. The fraction of sp³-hybridized carbons (Fsp3) is 0.385. The van der Waals surface area contributed by atoms with Gasteiger partial charge in [0.2, 0.25) is 0 Å². The predicted molar refractivity (Wildman–Crippen MR) is 63.9 cm³/mol. The second-order valence-electron chi connectivity index (χ2n) is 3.78. The average Bonchev–Trinajstić information content (AvgIpc) is 2.18. The number of benzene rings is 1. The Morgan fingerprint density at radius 2 is 2.00 bits per heavy atom. The van der Waals surface area contributed by atoms with E-state index in [4.69, 9.17) is 0 Å². The minimum atomic E-state index is 1.00. The lowest BCUT2D eigenvalue weighted by Crippen LogP contribution is -2.20. The van der Waals surface area contributed by atoms with Crippen LogP contribution in [-0.2, 0) is 0 Å². The molecule has 0 heterocycles. The molecule has 0 amide bonds. The molecule has 0 aliphatic heterocycles. The third-order valence-corrected chi connectivity index (χ3v) is 2.51. The predicted octanol–water partition coefficient (Wildman–Crippen LogP) is 3.40. The van der Waals surface area contributed by atoms with Crippen LogP contribution in [0.4, 0.5) is 5.69 Å². The second-order valence-corrected chi connectivity index (χ2v) is 3.78. The summed E-state index contributed by atoms with van der Waals surface area (Å²) >= 11 is 0. The average molecular weight is 189 g/mol. The van der Waals surface area contributed by atoms with E-state index in [0.717, 1.165) is 6.54 Å². The van der Waals surface area contributed by atoms with E-state index in [1.54, 1.807) is 0 Å². The summed E-state index contributed by atoms with van der Waals surface area (Å²) in [5.74, 6) is 0. The standard InChI is InChI=1S/C13H19N/c1-5-11(2)10-14(4)13-9-7-6-8-12(13)3/h5-9H,10H2,1-4H3/b11-5+. The Bertz CT molecular complexity index is 326. The molecule has 14 heavy (non-hydrogen) atoms. The summed E-state index contributed by atoms with van der Waals surface area (Å²) in [6.07, 6.45) is 2.16. The Labute approximate surface area is 87.1 Å². The number of allylic oxidation sites excluding steroid dienone is 1. The van der Waals surface area contributed by atoms with Crippen LogP contribution in [0.3, 0.4) is 0 Å². The zero-order chi connectivity index (χ0) is 10.6. The van der Waals surface area contributed by atoms with Crippen molar-refractivity contribution in [3.05, 3.63) is 41.5 Å². The van der Waals surface area contributed by atoms with E-state index in [1.807, 2.05) is 0 Å². The molecule has 0 fully saturated rings. The Hall–Kier alpha value is -1.24. The highest BCUT2D eigenvalue weighted by molar-refractivity contribution is 5.53. The highest BCUT2D eigenvalue weighted by atomic mass is 15.1. The number of anilines is 1. The first-order valence-corrected chi connectivity index (χ1v) is 5.03. The Balaban J connectivity index is 2.79. The van der Waals surface area contributed by atoms with Crippen molar-refractivity contribution in [1.82, 2.24) is 0 Å². The van der Waals surface area contributed by atoms with Crippen molar-refractivity contribution < 1.29 is 0 Å². The molecular weight excluding hydrogens is 170 g/mol. The van der Waals surface area contributed by atoms with Gasteiger partial charge in [0.25, 0.3) is 0 Å². The normalized spacial score (nSPS) is 11.6. The lowest BCUT2D eigenvalue weighted by atomic mass is 10.1. The van der Waals surface area contributed by atoms with Crippen molar-refractivity contribution in [3.8, 4) is 0 Å². The minimum Gasteiger partial charge on any atom is -0.370 e. The van der Waals surface area contributed by atoms with Gasteiger partial charge in [-0.25, -0.2) is 0 Å². The summed E-state index contributed by atoms with van der Waals surface area (Å²) in [7, 11) is 2.13. The van der Waals surface area contributed by atoms with E-state index in [2.05, 4.69) is 63.1 Å². The van der Waals surface area contributed by atoms with Gasteiger partial charge in [-0.05, 0) is 32.4 Å². The maximum atomic E-state index is 2.28. The zero-order valence-corrected chi connectivity index (χ0v) is 9.54. The summed E-state index contributed by atoms with van der Waals surface area (Å²) in [5.41, 5.74) is 4.04. The van der Waals surface area contributed by atoms with Gasteiger partial charge in [0.05, 0.1) is 0 Å². The highest BCUT2D eigenvalue weighted by Crippen LogP contribution is 2.18. The molecule has 0 aliphatic rings. The molecule has 0 aromatic heterocycles. The molecule has 0 bridgehead atoms. The number of rotatable bonds is 3. The van der Waals surface area contributed by atoms with Crippen molar-refractivity contribution >= 4 is 5.69 Å². The lowest BCUT2D eigenvalue weighted by Gasteiger charge is -2.21. The van der Waals surface area contributed by atoms with Crippen LogP contribution in [0.2, 0.25) is 0 Å². The SMILES string of the molecule is C/C=C(\C)CN(C)c1ccccc1C. The minimum absolute atomic E-state index is 1.00. The van der Waals surface area contributed by atoms with Crippen LogP contribution in [0, 0.1) is 6.92 Å². The maximum absolute atomic E-state index is 2.28. The number of aryl methyl sites for hydroxylation is 1. The molecular formula is C13H19N. The fourth-order valence-electron chi connectivity index (χ4n) is 1.54. The molecule has 0 atom stereocenters. The molecule has 0 unspecified atom stereocenters. The molecule has 1 rings (SSSR count). The molecule has 76 valence electrons. The number of hydrogen-bond donors (Lipinski definition) is 0. The van der Waals surface area contributed by atoms with Gasteiger partial charge in [0.15, 0.2) is 0 Å². The molecule has 0 saturated carbocycles. The van der Waals surface area contributed by atoms with Crippen molar-refractivity contribution in [2.75, 3.05) is 18.5 Å². The van der Waals surface area contributed by atoms with E-state index in [0.29, 0.717) is 0 Å². The topological polar surface area (TPSA) is 3.24 Å². The largest absolute Gasteiger partial charge is 0.370 e. The van der Waals surface area contributed by atoms with Crippen molar-refractivity contribution in [3.63, 3.8) is 0 Å². The smallest absolute Gasteiger partial charge is 0.0396 e. The fourth-order valence-corrected chi connectivity index (χ4v) is 1.54. The first-order chi connectivity index (χ1) is 6.65. The Morgan fingerprint density at radius 3 is 2.57 bits per heavy atom. The Kier molecular flexibility index (Phi) is 3.75. The number of likely N-dealkylation sites (N-methyl/N-ethyl adjacent to an activating group) is 1. The van der Waals surface area contributed by atoms with Gasteiger partial charge in [0, 0.05) is 19.3 Å². The first kappa shape index (κ1) is 10.8.